The molecule has 0 aliphatic carbocycles. The quantitative estimate of drug-likeness (QED) is 0.325. The number of nitrogens with zero attached hydrogens (tertiary/aromatic N) is 1. The molecular formula is C30H43LiN2O3S. The first-order valence-corrected chi connectivity index (χ1v) is 14.7. The molecule has 2 aromatic carbocycles. The second kappa shape index (κ2) is 18.5. The Hall–Kier alpha value is -1.71. The number of hydrogen-bond acceptors (Lipinski definition) is 5. The number of unbranched alkanes of at least 4 members (excludes halogenated alkanes) is 2. The largest absolute Gasteiger partial charge is 1.00 e. The number of amides is 1. The maximum absolute atomic E-state index is 13.2. The molecule has 0 fully saturated rings. The normalized spacial score (nSPS) is 11.7. The number of carboxylic acids is 1. The van der Waals surface area contributed by atoms with Gasteiger partial charge in [0.2, 0.25) is 0 Å². The zero-order valence-corrected chi connectivity index (χ0v) is 24.3. The van der Waals surface area contributed by atoms with E-state index in [9.17, 15) is 14.7 Å². The van der Waals surface area contributed by atoms with E-state index in [1.807, 2.05) is 49.6 Å². The van der Waals surface area contributed by atoms with Crippen LogP contribution in [0.3, 0.4) is 0 Å². The monoisotopic (exact) mass is 518 g/mol. The van der Waals surface area contributed by atoms with Gasteiger partial charge in [-0.15, -0.1) is 0 Å². The molecule has 0 radical (unpaired) electrons. The first-order valence-electron chi connectivity index (χ1n) is 13.3. The van der Waals surface area contributed by atoms with Crippen molar-refractivity contribution in [2.24, 2.45) is 0 Å². The van der Waals surface area contributed by atoms with Crippen molar-refractivity contribution in [3.8, 4) is 11.1 Å². The third kappa shape index (κ3) is 11.3. The standard InChI is InChI=1S/C30H44N2O3S.Li/c1-5-7-18-32(19-8-6-2)20-11-13-24-15-16-26(27(22-24)25-14-10-9-12-23(25)3)29(33)31-28(30(34)35)17-21-36-4;/h9-10,12,14-16,22,28H,5-8,11,13,17-21H2,1-4H3,(H,31,33)(H,34,35);/q;+1/p-1. The van der Waals surface area contributed by atoms with Crippen LogP contribution < -0.4 is 29.3 Å². The maximum Gasteiger partial charge on any atom is 1.00 e. The Bertz CT molecular complexity index is 962. The Labute approximate surface area is 240 Å². The van der Waals surface area contributed by atoms with Gasteiger partial charge in [0.25, 0.3) is 5.91 Å². The topological polar surface area (TPSA) is 72.5 Å². The predicted octanol–water partition coefficient (Wildman–Crippen LogP) is 2.10. The van der Waals surface area contributed by atoms with Crippen molar-refractivity contribution in [2.75, 3.05) is 31.6 Å². The van der Waals surface area contributed by atoms with Crippen molar-refractivity contribution in [1.82, 2.24) is 10.2 Å². The molecule has 0 heterocycles. The molecular weight excluding hydrogens is 475 g/mol. The molecule has 198 valence electrons. The van der Waals surface area contributed by atoms with Gasteiger partial charge in [0, 0.05) is 5.56 Å². The smallest absolute Gasteiger partial charge is 0.548 e. The molecule has 0 aliphatic heterocycles. The van der Waals surface area contributed by atoms with Gasteiger partial charge in [-0.1, -0.05) is 63.1 Å². The van der Waals surface area contributed by atoms with Crippen molar-refractivity contribution in [2.45, 2.75) is 71.8 Å². The van der Waals surface area contributed by atoms with Crippen molar-refractivity contribution < 1.29 is 33.6 Å². The second-order valence-electron chi connectivity index (χ2n) is 9.47. The van der Waals surface area contributed by atoms with Gasteiger partial charge in [0.1, 0.15) is 0 Å². The SMILES string of the molecule is CCCCN(CCCC)CCCc1ccc(C(=O)NC(CCSC)C(=O)[O-])c(-c2ccccc2C)c1.[Li+]. The average Bonchev–Trinajstić information content (AvgIpc) is 2.87. The van der Waals surface area contributed by atoms with Crippen LogP contribution in [-0.2, 0) is 11.2 Å². The molecule has 0 aromatic heterocycles. The summed E-state index contributed by atoms with van der Waals surface area (Å²) in [5.74, 6) is -0.988. The van der Waals surface area contributed by atoms with E-state index in [0.717, 1.165) is 49.2 Å². The van der Waals surface area contributed by atoms with Crippen LogP contribution in [0.4, 0.5) is 0 Å². The van der Waals surface area contributed by atoms with Crippen LogP contribution in [0.15, 0.2) is 42.5 Å². The van der Waals surface area contributed by atoms with Crippen LogP contribution in [0, 0.1) is 6.92 Å². The number of nitrogens with one attached hydrogen (secondary N) is 1. The molecule has 0 bridgehead atoms. The summed E-state index contributed by atoms with van der Waals surface area (Å²) in [4.78, 5) is 27.4. The van der Waals surface area contributed by atoms with E-state index in [2.05, 4.69) is 30.1 Å². The summed E-state index contributed by atoms with van der Waals surface area (Å²) in [6.45, 7) is 9.89. The summed E-state index contributed by atoms with van der Waals surface area (Å²) in [6, 6.07) is 13.0. The number of rotatable bonds is 17. The number of carbonyl (C=O) groups excluding carboxylic acids is 2. The van der Waals surface area contributed by atoms with Gasteiger partial charge in [0.05, 0.1) is 12.0 Å². The first-order chi connectivity index (χ1) is 17.4. The number of carbonyl (C=O) groups is 2. The minimum Gasteiger partial charge on any atom is -0.548 e. The number of hydrogen-bond donors (Lipinski definition) is 1. The van der Waals surface area contributed by atoms with Crippen molar-refractivity contribution >= 4 is 23.6 Å². The van der Waals surface area contributed by atoms with Gasteiger partial charge < -0.3 is 20.1 Å². The zero-order valence-electron chi connectivity index (χ0n) is 23.5. The van der Waals surface area contributed by atoms with Crippen LogP contribution >= 0.6 is 11.8 Å². The molecule has 0 spiro atoms. The van der Waals surface area contributed by atoms with Gasteiger partial charge in [-0.3, -0.25) is 4.79 Å². The molecule has 1 N–H and O–H groups in total. The summed E-state index contributed by atoms with van der Waals surface area (Å²) in [7, 11) is 0. The van der Waals surface area contributed by atoms with Gasteiger partial charge in [-0.2, -0.15) is 11.8 Å². The average molecular weight is 519 g/mol. The van der Waals surface area contributed by atoms with E-state index >= 15 is 0 Å². The third-order valence-electron chi connectivity index (χ3n) is 6.56. The minimum absolute atomic E-state index is 0. The Kier molecular flexibility index (Phi) is 16.7. The fourth-order valence-electron chi connectivity index (χ4n) is 4.37. The van der Waals surface area contributed by atoms with Crippen molar-refractivity contribution in [3.63, 3.8) is 0 Å². The number of thioether (sulfide) groups is 1. The maximum atomic E-state index is 13.2. The molecule has 7 heteroatoms. The molecule has 1 unspecified atom stereocenters. The number of aliphatic carboxylic acids is 1. The van der Waals surface area contributed by atoms with Gasteiger partial charge in [0.15, 0.2) is 0 Å². The summed E-state index contributed by atoms with van der Waals surface area (Å²) in [6.07, 6.45) is 9.13. The molecule has 37 heavy (non-hydrogen) atoms. The van der Waals surface area contributed by atoms with E-state index in [0.29, 0.717) is 17.7 Å². The van der Waals surface area contributed by atoms with Crippen molar-refractivity contribution in [3.05, 3.63) is 59.2 Å². The van der Waals surface area contributed by atoms with Crippen molar-refractivity contribution in [1.29, 1.82) is 0 Å². The van der Waals surface area contributed by atoms with Gasteiger partial charge >= 0.3 is 18.9 Å². The van der Waals surface area contributed by atoms with E-state index in [-0.39, 0.29) is 24.8 Å². The third-order valence-corrected chi connectivity index (χ3v) is 7.20. The van der Waals surface area contributed by atoms with Gasteiger partial charge in [-0.25, -0.2) is 0 Å². The van der Waals surface area contributed by atoms with E-state index in [1.165, 1.54) is 31.2 Å². The fourth-order valence-corrected chi connectivity index (χ4v) is 4.84. The van der Waals surface area contributed by atoms with E-state index in [1.54, 1.807) is 11.8 Å². The summed E-state index contributed by atoms with van der Waals surface area (Å²) >= 11 is 1.55. The van der Waals surface area contributed by atoms with Crippen LogP contribution in [0.1, 0.15) is 73.9 Å². The molecule has 0 aliphatic rings. The van der Waals surface area contributed by atoms with Crippen LogP contribution in [0.5, 0.6) is 0 Å². The molecule has 1 amide bonds. The Balaban J connectivity index is 0.00000684. The predicted molar refractivity (Wildman–Crippen MR) is 150 cm³/mol. The zero-order chi connectivity index (χ0) is 26.3. The summed E-state index contributed by atoms with van der Waals surface area (Å²) < 4.78 is 0. The molecule has 0 saturated carbocycles. The first kappa shape index (κ1) is 33.3. The molecule has 2 aromatic rings. The minimum atomic E-state index is -1.25. The number of carboxylic acid groups (broad SMARTS) is 1. The van der Waals surface area contributed by atoms with Crippen LogP contribution in [0.2, 0.25) is 0 Å². The molecule has 0 saturated heterocycles. The number of aryl methyl sites for hydroxylation is 2. The number of benzene rings is 2. The Morgan fingerprint density at radius 2 is 1.62 bits per heavy atom. The van der Waals surface area contributed by atoms with E-state index in [4.69, 9.17) is 0 Å². The Morgan fingerprint density at radius 1 is 0.973 bits per heavy atom. The van der Waals surface area contributed by atoms with E-state index < -0.39 is 12.0 Å². The summed E-state index contributed by atoms with van der Waals surface area (Å²) in [5, 5.41) is 14.3. The fraction of sp³-hybridized carbons (Fsp3) is 0.533. The Morgan fingerprint density at radius 3 is 2.22 bits per heavy atom. The van der Waals surface area contributed by atoms with Gasteiger partial charge in [-0.05, 0) is 99.0 Å². The van der Waals surface area contributed by atoms with Crippen LogP contribution in [-0.4, -0.2) is 54.5 Å². The molecule has 2 rings (SSSR count). The molecule has 5 nitrogen and oxygen atoms in total. The second-order valence-corrected chi connectivity index (χ2v) is 10.5. The molecule has 1 atom stereocenters. The summed E-state index contributed by atoms with van der Waals surface area (Å²) in [5.41, 5.74) is 4.60. The van der Waals surface area contributed by atoms with Crippen LogP contribution in [0.25, 0.3) is 11.1 Å².